The van der Waals surface area contributed by atoms with Gasteiger partial charge in [0.2, 0.25) is 0 Å². The Balaban J connectivity index is 1.21. The maximum Gasteiger partial charge on any atom is 0.164 e. The van der Waals surface area contributed by atoms with Crippen LogP contribution in [-0.2, 0) is 6.42 Å². The second kappa shape index (κ2) is 10.7. The minimum absolute atomic E-state index is 0.653. The van der Waals surface area contributed by atoms with Crippen molar-refractivity contribution in [3.05, 3.63) is 150 Å². The fraction of sp³-hybridized carbons (Fsp3) is 0.0930. The highest BCUT2D eigenvalue weighted by Crippen LogP contribution is 2.41. The van der Waals surface area contributed by atoms with Crippen molar-refractivity contribution in [2.45, 2.75) is 25.7 Å². The summed E-state index contributed by atoms with van der Waals surface area (Å²) in [5.41, 5.74) is 11.5. The van der Waals surface area contributed by atoms with Crippen LogP contribution in [0.5, 0.6) is 0 Å². The van der Waals surface area contributed by atoms with E-state index in [2.05, 4.69) is 91.0 Å². The third kappa shape index (κ3) is 4.35. The van der Waals surface area contributed by atoms with E-state index in [0.29, 0.717) is 11.6 Å². The molecule has 5 aromatic carbocycles. The quantitative estimate of drug-likeness (QED) is 0.196. The van der Waals surface area contributed by atoms with Crippen LogP contribution < -0.4 is 0 Å². The highest BCUT2D eigenvalue weighted by molar-refractivity contribution is 6.13. The lowest BCUT2D eigenvalue weighted by molar-refractivity contribution is 0.668. The number of fused-ring (bicyclic) bond motifs is 7. The second-order valence-corrected chi connectivity index (χ2v) is 12.6. The van der Waals surface area contributed by atoms with Crippen LogP contribution in [0, 0.1) is 0 Å². The van der Waals surface area contributed by atoms with Gasteiger partial charge < -0.3 is 8.83 Å². The molecule has 0 amide bonds. The molecule has 8 aromatic rings. The Morgan fingerprint density at radius 1 is 0.542 bits per heavy atom. The number of hydrogen-bond donors (Lipinski definition) is 0. The molecule has 0 radical (unpaired) electrons. The summed E-state index contributed by atoms with van der Waals surface area (Å²) in [6.45, 7) is 0. The molecule has 3 aromatic heterocycles. The number of aromatic nitrogens is 3. The third-order valence-electron chi connectivity index (χ3n) is 9.75. The first-order valence-electron chi connectivity index (χ1n) is 16.5. The number of furan rings is 2. The molecule has 0 bridgehead atoms. The van der Waals surface area contributed by atoms with Crippen molar-refractivity contribution in [1.82, 2.24) is 15.0 Å². The molecule has 228 valence electrons. The molecule has 0 saturated heterocycles. The van der Waals surface area contributed by atoms with Crippen molar-refractivity contribution in [1.29, 1.82) is 0 Å². The Labute approximate surface area is 276 Å². The van der Waals surface area contributed by atoms with Crippen LogP contribution in [0.15, 0.2) is 130 Å². The Bertz CT molecular complexity index is 2690. The number of allylic oxidation sites excluding steroid dienone is 5. The van der Waals surface area contributed by atoms with E-state index in [4.69, 9.17) is 23.8 Å². The zero-order valence-corrected chi connectivity index (χ0v) is 26.1. The van der Waals surface area contributed by atoms with Crippen molar-refractivity contribution in [3.8, 4) is 11.4 Å². The lowest BCUT2D eigenvalue weighted by Gasteiger charge is -2.19. The topological polar surface area (TPSA) is 65.0 Å². The van der Waals surface area contributed by atoms with Crippen molar-refractivity contribution in [2.75, 3.05) is 0 Å². The molecule has 0 unspecified atom stereocenters. The zero-order valence-electron chi connectivity index (χ0n) is 26.1. The summed E-state index contributed by atoms with van der Waals surface area (Å²) in [4.78, 5) is 15.6. The average Bonchev–Trinajstić information content (AvgIpc) is 3.73. The first-order valence-corrected chi connectivity index (χ1v) is 16.5. The number of nitrogens with zero attached hydrogens (tertiary/aromatic N) is 3. The fourth-order valence-corrected chi connectivity index (χ4v) is 7.42. The van der Waals surface area contributed by atoms with E-state index in [-0.39, 0.29) is 0 Å². The molecule has 3 heterocycles. The summed E-state index contributed by atoms with van der Waals surface area (Å²) in [6.07, 6.45) is 10.3. The standard InChI is InChI=1S/C43H29N3O2/c1-2-11-27-24-28(21-20-26(27)10-1)41-44-42(29-22-23-38-35(25-29)31-13-5-7-17-36(31)47-38)46-43(45-41)33-14-4-3-12-30(33)32-16-9-19-39-40(32)34-15-6-8-18-37(34)48-39/h1-2,4-11,13-19,22-25H,3,12,20-21H2. The van der Waals surface area contributed by atoms with Gasteiger partial charge in [0, 0.05) is 32.7 Å². The van der Waals surface area contributed by atoms with Crippen LogP contribution in [0.25, 0.3) is 78.1 Å². The molecule has 2 aliphatic carbocycles. The first kappa shape index (κ1) is 27.1. The summed E-state index contributed by atoms with van der Waals surface area (Å²) in [5, 5.41) is 4.38. The number of rotatable bonds is 4. The zero-order chi connectivity index (χ0) is 31.6. The molecule has 5 nitrogen and oxygen atoms in total. The summed E-state index contributed by atoms with van der Waals surface area (Å²) in [7, 11) is 0. The van der Waals surface area contributed by atoms with Gasteiger partial charge in [-0.3, -0.25) is 0 Å². The smallest absolute Gasteiger partial charge is 0.164 e. The lowest BCUT2D eigenvalue weighted by Crippen LogP contribution is -2.09. The third-order valence-corrected chi connectivity index (χ3v) is 9.75. The molecule has 5 heteroatoms. The summed E-state index contributed by atoms with van der Waals surface area (Å²) < 4.78 is 12.4. The lowest BCUT2D eigenvalue weighted by atomic mass is 9.88. The molecule has 0 aliphatic heterocycles. The van der Waals surface area contributed by atoms with Gasteiger partial charge in [-0.05, 0) is 96.0 Å². The van der Waals surface area contributed by atoms with Gasteiger partial charge in [0.05, 0.1) is 0 Å². The number of para-hydroxylation sites is 2. The molecular formula is C43H29N3O2. The highest BCUT2D eigenvalue weighted by Gasteiger charge is 2.23. The van der Waals surface area contributed by atoms with E-state index < -0.39 is 0 Å². The number of benzene rings is 5. The average molecular weight is 620 g/mol. The molecule has 48 heavy (non-hydrogen) atoms. The maximum atomic E-state index is 6.29. The van der Waals surface area contributed by atoms with Gasteiger partial charge in [-0.15, -0.1) is 0 Å². The molecule has 0 fully saturated rings. The van der Waals surface area contributed by atoms with Crippen LogP contribution >= 0.6 is 0 Å². The van der Waals surface area contributed by atoms with Crippen molar-refractivity contribution in [3.63, 3.8) is 0 Å². The van der Waals surface area contributed by atoms with Gasteiger partial charge in [0.25, 0.3) is 0 Å². The molecular weight excluding hydrogens is 590 g/mol. The van der Waals surface area contributed by atoms with E-state index in [1.807, 2.05) is 36.4 Å². The molecule has 10 rings (SSSR count). The van der Waals surface area contributed by atoms with Gasteiger partial charge in [-0.1, -0.05) is 84.9 Å². The first-order chi connectivity index (χ1) is 23.8. The predicted molar refractivity (Wildman–Crippen MR) is 194 cm³/mol. The highest BCUT2D eigenvalue weighted by atomic mass is 16.3. The monoisotopic (exact) mass is 619 g/mol. The molecule has 2 aliphatic rings. The number of aryl methyl sites for hydroxylation is 1. The summed E-state index contributed by atoms with van der Waals surface area (Å²) in [6, 6.07) is 37.6. The van der Waals surface area contributed by atoms with E-state index >= 15 is 0 Å². The van der Waals surface area contributed by atoms with Crippen molar-refractivity contribution in [2.24, 2.45) is 0 Å². The van der Waals surface area contributed by atoms with Gasteiger partial charge in [0.15, 0.2) is 17.5 Å². The normalized spacial score (nSPS) is 14.7. The van der Waals surface area contributed by atoms with Gasteiger partial charge in [-0.25, -0.2) is 15.0 Å². The fourth-order valence-electron chi connectivity index (χ4n) is 7.42. The molecule has 0 atom stereocenters. The second-order valence-electron chi connectivity index (χ2n) is 12.6. The Kier molecular flexibility index (Phi) is 6.06. The predicted octanol–water partition coefficient (Wildman–Crippen LogP) is 11.1. The summed E-state index contributed by atoms with van der Waals surface area (Å²) >= 11 is 0. The molecule has 0 saturated carbocycles. The largest absolute Gasteiger partial charge is 0.456 e. The SMILES string of the molecule is C1=CC(c2nc(C3=Cc4ccccc4CC3)nc(-c3ccc4oc5ccccc5c4c3)n2)=C(c2cccc3oc4ccccc4c23)CC1. The van der Waals surface area contributed by atoms with Crippen molar-refractivity contribution < 1.29 is 8.83 Å². The summed E-state index contributed by atoms with van der Waals surface area (Å²) in [5.74, 6) is 2.06. The van der Waals surface area contributed by atoms with E-state index in [1.54, 1.807) is 0 Å². The van der Waals surface area contributed by atoms with Gasteiger partial charge in [0.1, 0.15) is 22.3 Å². The van der Waals surface area contributed by atoms with E-state index in [9.17, 15) is 0 Å². The van der Waals surface area contributed by atoms with Crippen LogP contribution in [0.2, 0.25) is 0 Å². The molecule has 0 spiro atoms. The van der Waals surface area contributed by atoms with Crippen LogP contribution in [-0.4, -0.2) is 15.0 Å². The molecule has 0 N–H and O–H groups in total. The Morgan fingerprint density at radius 2 is 1.27 bits per heavy atom. The van der Waals surface area contributed by atoms with Gasteiger partial charge >= 0.3 is 0 Å². The Hall–Kier alpha value is -6.07. The van der Waals surface area contributed by atoms with Crippen LogP contribution in [0.1, 0.15) is 47.6 Å². The van der Waals surface area contributed by atoms with E-state index in [1.165, 1.54) is 16.7 Å². The van der Waals surface area contributed by atoms with E-state index in [0.717, 1.165) is 97.7 Å². The Morgan fingerprint density at radius 3 is 2.21 bits per heavy atom. The maximum absolute atomic E-state index is 6.29. The number of hydrogen-bond acceptors (Lipinski definition) is 5. The van der Waals surface area contributed by atoms with Gasteiger partial charge in [-0.2, -0.15) is 0 Å². The van der Waals surface area contributed by atoms with Crippen LogP contribution in [0.3, 0.4) is 0 Å². The minimum Gasteiger partial charge on any atom is -0.456 e. The minimum atomic E-state index is 0.653. The van der Waals surface area contributed by atoms with Crippen molar-refractivity contribution >= 4 is 66.7 Å². The van der Waals surface area contributed by atoms with Crippen LogP contribution in [0.4, 0.5) is 0 Å².